The van der Waals surface area contributed by atoms with E-state index in [1.807, 2.05) is 6.92 Å². The predicted octanol–water partition coefficient (Wildman–Crippen LogP) is 2.40. The minimum atomic E-state index is -0.155. The molecule has 2 N–H and O–H groups in total. The van der Waals surface area contributed by atoms with Crippen molar-refractivity contribution < 1.29 is 9.90 Å². The van der Waals surface area contributed by atoms with Gasteiger partial charge in [0.25, 0.3) is 5.91 Å². The van der Waals surface area contributed by atoms with Crippen molar-refractivity contribution in [2.45, 2.75) is 26.7 Å². The molecule has 6 heteroatoms. The maximum absolute atomic E-state index is 12.3. The van der Waals surface area contributed by atoms with Crippen molar-refractivity contribution in [2.24, 2.45) is 0 Å². The Morgan fingerprint density at radius 3 is 2.70 bits per heavy atom. The van der Waals surface area contributed by atoms with Crippen LogP contribution in [0.15, 0.2) is 12.3 Å². The Kier molecular flexibility index (Phi) is 7.33. The fourth-order valence-electron chi connectivity index (χ4n) is 1.82. The normalized spacial score (nSPS) is 10.4. The van der Waals surface area contributed by atoms with E-state index in [0.29, 0.717) is 29.5 Å². The van der Waals surface area contributed by atoms with Gasteiger partial charge < -0.3 is 15.3 Å². The average molecular weight is 300 g/mol. The molecular formula is C14H22ClN3O2. The van der Waals surface area contributed by atoms with Crippen LogP contribution < -0.4 is 5.32 Å². The van der Waals surface area contributed by atoms with Crippen molar-refractivity contribution in [3.8, 4) is 0 Å². The van der Waals surface area contributed by atoms with Crippen molar-refractivity contribution >= 4 is 23.3 Å². The molecule has 0 saturated heterocycles. The maximum atomic E-state index is 12.3. The number of amides is 1. The molecule has 5 nitrogen and oxygen atoms in total. The molecule has 112 valence electrons. The number of halogens is 1. The third-order valence-corrected chi connectivity index (χ3v) is 3.07. The lowest BCUT2D eigenvalue weighted by Gasteiger charge is -2.21. The van der Waals surface area contributed by atoms with Gasteiger partial charge in [-0.05, 0) is 18.9 Å². The molecule has 0 atom stereocenters. The Morgan fingerprint density at radius 1 is 1.40 bits per heavy atom. The summed E-state index contributed by atoms with van der Waals surface area (Å²) in [7, 11) is 0. The number of aromatic nitrogens is 1. The summed E-state index contributed by atoms with van der Waals surface area (Å²) in [5.74, 6) is 0.437. The van der Waals surface area contributed by atoms with Crippen LogP contribution in [0.3, 0.4) is 0 Å². The third kappa shape index (κ3) is 4.65. The van der Waals surface area contributed by atoms with Gasteiger partial charge in [-0.3, -0.25) is 4.79 Å². The number of carbonyl (C=O) groups excluding carboxylic acids is 1. The van der Waals surface area contributed by atoms with Crippen LogP contribution in [-0.2, 0) is 0 Å². The molecule has 20 heavy (non-hydrogen) atoms. The number of pyridine rings is 1. The predicted molar refractivity (Wildman–Crippen MR) is 81.3 cm³/mol. The van der Waals surface area contributed by atoms with E-state index in [1.165, 1.54) is 6.20 Å². The highest BCUT2D eigenvalue weighted by atomic mass is 35.5. The van der Waals surface area contributed by atoms with E-state index in [9.17, 15) is 4.79 Å². The Labute approximate surface area is 125 Å². The summed E-state index contributed by atoms with van der Waals surface area (Å²) < 4.78 is 0. The molecule has 1 amide bonds. The fraction of sp³-hybridized carbons (Fsp3) is 0.571. The Balaban J connectivity index is 2.84. The van der Waals surface area contributed by atoms with E-state index < -0.39 is 0 Å². The van der Waals surface area contributed by atoms with Gasteiger partial charge in [0.05, 0.1) is 17.2 Å². The third-order valence-electron chi connectivity index (χ3n) is 2.78. The van der Waals surface area contributed by atoms with Crippen LogP contribution in [0.4, 0.5) is 5.82 Å². The Morgan fingerprint density at radius 2 is 2.15 bits per heavy atom. The summed E-state index contributed by atoms with van der Waals surface area (Å²) in [6, 6.07) is 1.62. The highest BCUT2D eigenvalue weighted by Crippen LogP contribution is 2.21. The Bertz CT molecular complexity index is 434. The van der Waals surface area contributed by atoms with Gasteiger partial charge in [0.15, 0.2) is 0 Å². The molecule has 0 unspecified atom stereocenters. The summed E-state index contributed by atoms with van der Waals surface area (Å²) in [6.07, 6.45) is 3.33. The van der Waals surface area contributed by atoms with Gasteiger partial charge in [0.1, 0.15) is 5.82 Å². The number of nitrogens with one attached hydrogen (secondary N) is 1. The molecule has 0 radical (unpaired) electrons. The summed E-state index contributed by atoms with van der Waals surface area (Å²) >= 11 is 6.12. The van der Waals surface area contributed by atoms with E-state index in [-0.39, 0.29) is 12.5 Å². The van der Waals surface area contributed by atoms with E-state index in [4.69, 9.17) is 16.7 Å². The molecule has 0 spiro atoms. The second kappa shape index (κ2) is 8.76. The lowest BCUT2D eigenvalue weighted by Crippen LogP contribution is -2.34. The number of rotatable bonds is 8. The number of aliphatic hydroxyl groups is 1. The molecule has 0 aliphatic carbocycles. The number of nitrogens with zero attached hydrogens (tertiary/aromatic N) is 2. The van der Waals surface area contributed by atoms with Crippen LogP contribution in [0.2, 0.25) is 5.02 Å². The van der Waals surface area contributed by atoms with E-state index in [0.717, 1.165) is 19.4 Å². The highest BCUT2D eigenvalue weighted by Gasteiger charge is 2.16. The summed E-state index contributed by atoms with van der Waals surface area (Å²) in [6.45, 7) is 5.69. The van der Waals surface area contributed by atoms with Crippen LogP contribution in [0.1, 0.15) is 37.0 Å². The van der Waals surface area contributed by atoms with Gasteiger partial charge in [0, 0.05) is 25.8 Å². The molecule has 0 fully saturated rings. The topological polar surface area (TPSA) is 65.5 Å². The van der Waals surface area contributed by atoms with Crippen LogP contribution in [0.25, 0.3) is 0 Å². The van der Waals surface area contributed by atoms with Crippen LogP contribution in [-0.4, -0.2) is 47.1 Å². The number of anilines is 1. The van der Waals surface area contributed by atoms with Gasteiger partial charge in [-0.1, -0.05) is 25.4 Å². The summed E-state index contributed by atoms with van der Waals surface area (Å²) in [5.41, 5.74) is 0.443. The maximum Gasteiger partial charge on any atom is 0.255 e. The number of aliphatic hydroxyl groups excluding tert-OH is 1. The lowest BCUT2D eigenvalue weighted by molar-refractivity contribution is 0.0721. The largest absolute Gasteiger partial charge is 0.395 e. The first-order valence-corrected chi connectivity index (χ1v) is 7.31. The molecule has 1 rings (SSSR count). The quantitative estimate of drug-likeness (QED) is 0.773. The van der Waals surface area contributed by atoms with E-state index >= 15 is 0 Å². The molecule has 0 saturated carbocycles. The van der Waals surface area contributed by atoms with Crippen LogP contribution >= 0.6 is 11.6 Å². The van der Waals surface area contributed by atoms with Gasteiger partial charge in [0.2, 0.25) is 0 Å². The first kappa shape index (κ1) is 16.7. The standard InChI is InChI=1S/C14H22ClN3O2/c1-3-5-16-13-12(15)9-11(10-17-13)14(20)18(6-4-2)7-8-19/h9-10,19H,3-8H2,1-2H3,(H,16,17). The zero-order chi connectivity index (χ0) is 15.0. The number of hydrogen-bond donors (Lipinski definition) is 2. The van der Waals surface area contributed by atoms with Gasteiger partial charge in [-0.15, -0.1) is 0 Å². The molecule has 0 aromatic carbocycles. The fourth-order valence-corrected chi connectivity index (χ4v) is 2.05. The minimum Gasteiger partial charge on any atom is -0.395 e. The van der Waals surface area contributed by atoms with Crippen molar-refractivity contribution in [3.05, 3.63) is 22.8 Å². The molecule has 0 bridgehead atoms. The second-order valence-electron chi connectivity index (χ2n) is 4.50. The molecule has 1 aromatic rings. The van der Waals surface area contributed by atoms with Crippen molar-refractivity contribution in [1.82, 2.24) is 9.88 Å². The molecule has 1 heterocycles. The monoisotopic (exact) mass is 299 g/mol. The highest BCUT2D eigenvalue weighted by molar-refractivity contribution is 6.33. The number of hydrogen-bond acceptors (Lipinski definition) is 4. The van der Waals surface area contributed by atoms with Gasteiger partial charge >= 0.3 is 0 Å². The second-order valence-corrected chi connectivity index (χ2v) is 4.90. The smallest absolute Gasteiger partial charge is 0.255 e. The average Bonchev–Trinajstić information content (AvgIpc) is 2.45. The first-order valence-electron chi connectivity index (χ1n) is 6.93. The molecule has 1 aromatic heterocycles. The number of carbonyl (C=O) groups is 1. The molecular weight excluding hydrogens is 278 g/mol. The molecule has 0 aliphatic heterocycles. The van der Waals surface area contributed by atoms with E-state index in [2.05, 4.69) is 17.2 Å². The summed E-state index contributed by atoms with van der Waals surface area (Å²) in [4.78, 5) is 18.1. The van der Waals surface area contributed by atoms with Gasteiger partial charge in [-0.25, -0.2) is 4.98 Å². The first-order chi connectivity index (χ1) is 9.63. The summed E-state index contributed by atoms with van der Waals surface area (Å²) in [5, 5.41) is 12.5. The zero-order valence-electron chi connectivity index (χ0n) is 12.0. The van der Waals surface area contributed by atoms with Crippen molar-refractivity contribution in [1.29, 1.82) is 0 Å². The molecule has 0 aliphatic rings. The van der Waals surface area contributed by atoms with Crippen LogP contribution in [0.5, 0.6) is 0 Å². The van der Waals surface area contributed by atoms with Crippen LogP contribution in [0, 0.1) is 0 Å². The van der Waals surface area contributed by atoms with Crippen molar-refractivity contribution in [2.75, 3.05) is 31.6 Å². The Hall–Kier alpha value is -1.33. The van der Waals surface area contributed by atoms with E-state index in [1.54, 1.807) is 11.0 Å². The minimum absolute atomic E-state index is 0.0525. The van der Waals surface area contributed by atoms with Crippen molar-refractivity contribution in [3.63, 3.8) is 0 Å². The SMILES string of the molecule is CCCNc1ncc(C(=O)N(CCC)CCO)cc1Cl. The van der Waals surface area contributed by atoms with Gasteiger partial charge in [-0.2, -0.15) is 0 Å². The zero-order valence-corrected chi connectivity index (χ0v) is 12.8. The lowest BCUT2D eigenvalue weighted by atomic mass is 10.2.